The summed E-state index contributed by atoms with van der Waals surface area (Å²) < 4.78 is 26.9. The SMILES string of the molecule is CC1(C(=O)NS(=O)(=O)c2ccc(Cl)cc2)CCN1C(=O)CCc1cccs1. The fraction of sp³-hybridized carbons (Fsp3) is 0.333. The minimum absolute atomic E-state index is 0.0567. The highest BCUT2D eigenvalue weighted by Crippen LogP contribution is 2.32. The molecule has 1 aromatic carbocycles. The smallest absolute Gasteiger partial charge is 0.264 e. The summed E-state index contributed by atoms with van der Waals surface area (Å²) in [5, 5.41) is 2.34. The largest absolute Gasteiger partial charge is 0.328 e. The number of aryl methyl sites for hydroxylation is 1. The first-order valence-electron chi connectivity index (χ1n) is 8.38. The van der Waals surface area contributed by atoms with Crippen molar-refractivity contribution >= 4 is 44.8 Å². The quantitative estimate of drug-likeness (QED) is 0.769. The number of carbonyl (C=O) groups is 2. The van der Waals surface area contributed by atoms with Gasteiger partial charge in [0.2, 0.25) is 5.91 Å². The lowest BCUT2D eigenvalue weighted by Crippen LogP contribution is -2.67. The summed E-state index contributed by atoms with van der Waals surface area (Å²) in [6.45, 7) is 2.03. The summed E-state index contributed by atoms with van der Waals surface area (Å²) in [6, 6.07) is 9.40. The van der Waals surface area contributed by atoms with E-state index in [4.69, 9.17) is 11.6 Å². The molecule has 0 bridgehead atoms. The van der Waals surface area contributed by atoms with Crippen LogP contribution in [-0.2, 0) is 26.0 Å². The van der Waals surface area contributed by atoms with Crippen molar-refractivity contribution in [2.24, 2.45) is 0 Å². The summed E-state index contributed by atoms with van der Waals surface area (Å²) in [7, 11) is -4.03. The van der Waals surface area contributed by atoms with Gasteiger partial charge >= 0.3 is 0 Å². The number of halogens is 1. The Hall–Kier alpha value is -1.90. The van der Waals surface area contributed by atoms with Crippen molar-refractivity contribution < 1.29 is 18.0 Å². The Bertz CT molecular complexity index is 942. The number of hydrogen-bond donors (Lipinski definition) is 1. The number of thiophene rings is 1. The van der Waals surface area contributed by atoms with Crippen molar-refractivity contribution in [1.29, 1.82) is 0 Å². The van der Waals surface area contributed by atoms with E-state index in [1.807, 2.05) is 17.5 Å². The van der Waals surface area contributed by atoms with Gasteiger partial charge in [0.1, 0.15) is 5.54 Å². The average Bonchev–Trinajstić information content (AvgIpc) is 3.11. The van der Waals surface area contributed by atoms with Gasteiger partial charge in [-0.25, -0.2) is 13.1 Å². The normalized spacial score (nSPS) is 19.4. The van der Waals surface area contributed by atoms with Gasteiger partial charge in [0, 0.05) is 22.9 Å². The van der Waals surface area contributed by atoms with E-state index in [1.165, 1.54) is 29.2 Å². The molecule has 6 nitrogen and oxygen atoms in total. The van der Waals surface area contributed by atoms with E-state index in [1.54, 1.807) is 18.3 Å². The molecule has 144 valence electrons. The molecular weight excluding hydrogens is 408 g/mol. The van der Waals surface area contributed by atoms with Crippen molar-refractivity contribution in [2.75, 3.05) is 6.54 Å². The van der Waals surface area contributed by atoms with E-state index in [-0.39, 0.29) is 17.2 Å². The number of carbonyl (C=O) groups excluding carboxylic acids is 2. The highest BCUT2D eigenvalue weighted by atomic mass is 35.5. The molecule has 2 heterocycles. The van der Waals surface area contributed by atoms with Crippen molar-refractivity contribution in [3.05, 3.63) is 51.7 Å². The van der Waals surface area contributed by atoms with Gasteiger partial charge in [-0.2, -0.15) is 0 Å². The summed E-state index contributed by atoms with van der Waals surface area (Å²) in [5.74, 6) is -0.857. The van der Waals surface area contributed by atoms with Crippen LogP contribution in [0.1, 0.15) is 24.6 Å². The molecule has 9 heteroatoms. The highest BCUT2D eigenvalue weighted by Gasteiger charge is 2.50. The van der Waals surface area contributed by atoms with E-state index in [2.05, 4.69) is 4.72 Å². The lowest BCUT2D eigenvalue weighted by atomic mass is 9.85. The maximum atomic E-state index is 12.6. The van der Waals surface area contributed by atoms with Crippen LogP contribution in [0.5, 0.6) is 0 Å². The second kappa shape index (κ2) is 7.61. The topological polar surface area (TPSA) is 83.6 Å². The summed E-state index contributed by atoms with van der Waals surface area (Å²) in [5.41, 5.74) is -1.16. The Morgan fingerprint density at radius 1 is 1.26 bits per heavy atom. The molecule has 1 fully saturated rings. The molecule has 27 heavy (non-hydrogen) atoms. The molecule has 0 radical (unpaired) electrons. The van der Waals surface area contributed by atoms with Crippen LogP contribution < -0.4 is 4.72 Å². The van der Waals surface area contributed by atoms with Crippen molar-refractivity contribution in [3.63, 3.8) is 0 Å². The van der Waals surface area contributed by atoms with E-state index in [9.17, 15) is 18.0 Å². The van der Waals surface area contributed by atoms with Gasteiger partial charge < -0.3 is 4.90 Å². The van der Waals surface area contributed by atoms with Gasteiger partial charge in [0.15, 0.2) is 0 Å². The van der Waals surface area contributed by atoms with E-state index < -0.39 is 21.5 Å². The monoisotopic (exact) mass is 426 g/mol. The fourth-order valence-electron chi connectivity index (χ4n) is 2.92. The molecule has 1 unspecified atom stereocenters. The third kappa shape index (κ3) is 4.17. The number of nitrogens with one attached hydrogen (secondary N) is 1. The zero-order valence-electron chi connectivity index (χ0n) is 14.6. The van der Waals surface area contributed by atoms with Crippen LogP contribution in [0.3, 0.4) is 0 Å². The Kier molecular flexibility index (Phi) is 5.60. The second-order valence-electron chi connectivity index (χ2n) is 6.54. The summed E-state index contributed by atoms with van der Waals surface area (Å²) >= 11 is 7.34. The molecular formula is C18H19ClN2O4S2. The van der Waals surface area contributed by atoms with Crippen LogP contribution >= 0.6 is 22.9 Å². The lowest BCUT2D eigenvalue weighted by Gasteiger charge is -2.49. The molecule has 2 aromatic rings. The standard InChI is InChI=1S/C18H19ClN2O4S2/c1-18(10-11-21(18)16(22)9-6-14-3-2-12-26-14)17(23)20-27(24,25)15-7-4-13(19)5-8-15/h2-5,7-8,12H,6,9-11H2,1H3,(H,20,23). The Balaban J connectivity index is 1.66. The van der Waals surface area contributed by atoms with Crippen molar-refractivity contribution in [2.45, 2.75) is 36.6 Å². The first kappa shape index (κ1) is 19.9. The Morgan fingerprint density at radius 3 is 2.52 bits per heavy atom. The number of likely N-dealkylation sites (tertiary alicyclic amines) is 1. The first-order chi connectivity index (χ1) is 12.7. The molecule has 1 atom stereocenters. The summed E-state index contributed by atoms with van der Waals surface area (Å²) in [4.78, 5) is 27.6. The minimum Gasteiger partial charge on any atom is -0.328 e. The van der Waals surface area contributed by atoms with Crippen LogP contribution in [0.4, 0.5) is 0 Å². The van der Waals surface area contributed by atoms with Crippen molar-refractivity contribution in [1.82, 2.24) is 9.62 Å². The van der Waals surface area contributed by atoms with Gasteiger partial charge in [0.05, 0.1) is 4.90 Å². The molecule has 0 saturated carbocycles. The maximum Gasteiger partial charge on any atom is 0.264 e. The van der Waals surface area contributed by atoms with Gasteiger partial charge in [-0.3, -0.25) is 9.59 Å². The molecule has 1 saturated heterocycles. The molecule has 1 aliphatic rings. The number of hydrogen-bond acceptors (Lipinski definition) is 5. The second-order valence-corrected chi connectivity index (χ2v) is 9.69. The predicted molar refractivity (Wildman–Crippen MR) is 104 cm³/mol. The zero-order chi connectivity index (χ0) is 19.7. The number of sulfonamides is 1. The fourth-order valence-corrected chi connectivity index (χ4v) is 4.83. The Morgan fingerprint density at radius 2 is 1.96 bits per heavy atom. The Labute approximate surface area is 167 Å². The first-order valence-corrected chi connectivity index (χ1v) is 11.1. The third-order valence-electron chi connectivity index (χ3n) is 4.72. The lowest BCUT2D eigenvalue weighted by molar-refractivity contribution is -0.156. The zero-order valence-corrected chi connectivity index (χ0v) is 17.0. The number of amides is 2. The van der Waals surface area contributed by atoms with Gasteiger partial charge in [0.25, 0.3) is 15.9 Å². The van der Waals surface area contributed by atoms with Crippen LogP contribution in [0.25, 0.3) is 0 Å². The predicted octanol–water partition coefficient (Wildman–Crippen LogP) is 2.83. The summed E-state index contributed by atoms with van der Waals surface area (Å²) in [6.07, 6.45) is 1.31. The number of rotatable bonds is 6. The van der Waals surface area contributed by atoms with Crippen molar-refractivity contribution in [3.8, 4) is 0 Å². The number of nitrogens with zero attached hydrogens (tertiary/aromatic N) is 1. The molecule has 0 spiro atoms. The van der Waals surface area contributed by atoms with Gasteiger partial charge in [-0.05, 0) is 55.5 Å². The molecule has 1 N–H and O–H groups in total. The van der Waals surface area contributed by atoms with Crippen LogP contribution in [0.15, 0.2) is 46.7 Å². The molecule has 1 aliphatic heterocycles. The minimum atomic E-state index is -4.03. The van der Waals surface area contributed by atoms with Gasteiger partial charge in [-0.1, -0.05) is 17.7 Å². The molecule has 0 aliphatic carbocycles. The van der Waals surface area contributed by atoms with E-state index in [0.717, 1.165) is 4.88 Å². The molecule has 3 rings (SSSR count). The van der Waals surface area contributed by atoms with Crippen LogP contribution in [0, 0.1) is 0 Å². The van der Waals surface area contributed by atoms with Crippen LogP contribution in [0.2, 0.25) is 5.02 Å². The molecule has 2 amide bonds. The third-order valence-corrected chi connectivity index (χ3v) is 7.26. The number of benzene rings is 1. The van der Waals surface area contributed by atoms with Crippen LogP contribution in [-0.4, -0.2) is 37.2 Å². The average molecular weight is 427 g/mol. The highest BCUT2D eigenvalue weighted by molar-refractivity contribution is 7.90. The van der Waals surface area contributed by atoms with E-state index in [0.29, 0.717) is 24.4 Å². The molecule has 1 aromatic heterocycles. The maximum absolute atomic E-state index is 12.6. The van der Waals surface area contributed by atoms with Gasteiger partial charge in [-0.15, -0.1) is 11.3 Å². The van der Waals surface area contributed by atoms with E-state index >= 15 is 0 Å².